The van der Waals surface area contributed by atoms with Crippen LogP contribution in [0.1, 0.15) is 45.1 Å². The zero-order valence-electron chi connectivity index (χ0n) is 17.3. The summed E-state index contributed by atoms with van der Waals surface area (Å²) >= 11 is 0. The minimum atomic E-state index is -0.920. The summed E-state index contributed by atoms with van der Waals surface area (Å²) in [5.41, 5.74) is 4.39. The largest absolute Gasteiger partial charge is 0.491 e. The predicted molar refractivity (Wildman–Crippen MR) is 117 cm³/mol. The van der Waals surface area contributed by atoms with Crippen LogP contribution in [0, 0.1) is 0 Å². The predicted octanol–water partition coefficient (Wildman–Crippen LogP) is 6.67. The van der Waals surface area contributed by atoms with Gasteiger partial charge in [0.2, 0.25) is 0 Å². The molecule has 152 valence electrons. The zero-order valence-corrected chi connectivity index (χ0v) is 17.3. The topological polar surface area (TPSA) is 35.0 Å². The van der Waals surface area contributed by atoms with Gasteiger partial charge in [-0.15, -0.1) is 0 Å². The molecule has 0 fully saturated rings. The third kappa shape index (κ3) is 6.11. The fourth-order valence-corrected chi connectivity index (χ4v) is 3.15. The number of rotatable bonds is 10. The number of unbranched alkanes of at least 4 members (excludes halogenated alkanes) is 1. The first-order valence-corrected chi connectivity index (χ1v) is 10.5. The van der Waals surface area contributed by atoms with E-state index in [0.29, 0.717) is 18.0 Å². The van der Waals surface area contributed by atoms with Crippen molar-refractivity contribution in [3.8, 4) is 28.3 Å². The molecule has 3 nitrogen and oxygen atoms in total. The van der Waals surface area contributed by atoms with Crippen molar-refractivity contribution in [3.05, 3.63) is 66.5 Å². The molecule has 29 heavy (non-hydrogen) atoms. The molecule has 0 N–H and O–H groups in total. The van der Waals surface area contributed by atoms with Crippen molar-refractivity contribution in [3.63, 3.8) is 0 Å². The van der Waals surface area contributed by atoms with E-state index in [9.17, 15) is 4.39 Å². The average molecular weight is 393 g/mol. The molecule has 0 saturated carbocycles. The van der Waals surface area contributed by atoms with E-state index in [1.165, 1.54) is 18.4 Å². The van der Waals surface area contributed by atoms with Crippen molar-refractivity contribution in [2.75, 3.05) is 6.61 Å². The van der Waals surface area contributed by atoms with Crippen molar-refractivity contribution in [1.29, 1.82) is 0 Å². The lowest BCUT2D eigenvalue weighted by molar-refractivity contribution is 0.186. The lowest BCUT2D eigenvalue weighted by Gasteiger charge is -2.10. The van der Waals surface area contributed by atoms with Gasteiger partial charge >= 0.3 is 0 Å². The molecule has 0 spiro atoms. The Morgan fingerprint density at radius 2 is 1.48 bits per heavy atom. The van der Waals surface area contributed by atoms with Crippen molar-refractivity contribution >= 4 is 0 Å². The number of hydrogen-bond donors (Lipinski definition) is 0. The Labute approximate surface area is 173 Å². The van der Waals surface area contributed by atoms with Gasteiger partial charge in [0.25, 0.3) is 0 Å². The van der Waals surface area contributed by atoms with Crippen molar-refractivity contribution in [1.82, 2.24) is 9.97 Å². The summed E-state index contributed by atoms with van der Waals surface area (Å²) in [5, 5.41) is 0. The van der Waals surface area contributed by atoms with Crippen molar-refractivity contribution in [2.45, 2.75) is 52.1 Å². The summed E-state index contributed by atoms with van der Waals surface area (Å²) < 4.78 is 19.0. The molecule has 1 atom stereocenters. The van der Waals surface area contributed by atoms with E-state index < -0.39 is 6.17 Å². The number of alkyl halides is 1. The molecule has 0 bridgehead atoms. The van der Waals surface area contributed by atoms with Crippen LogP contribution in [0.2, 0.25) is 0 Å². The second-order valence-corrected chi connectivity index (χ2v) is 7.32. The molecule has 4 heteroatoms. The molecule has 1 heterocycles. The summed E-state index contributed by atoms with van der Waals surface area (Å²) in [7, 11) is 0. The zero-order chi connectivity index (χ0) is 20.5. The SMILES string of the molecule is CCCCc1ccc(-c2cnc(-c3ccc(OCC(F)CCC)cc3)nc2)cc1. The van der Waals surface area contributed by atoms with E-state index in [1.807, 2.05) is 43.6 Å². The van der Waals surface area contributed by atoms with Gasteiger partial charge in [0.05, 0.1) is 0 Å². The third-order valence-electron chi connectivity index (χ3n) is 4.90. The summed E-state index contributed by atoms with van der Waals surface area (Å²) in [5.74, 6) is 1.32. The van der Waals surface area contributed by atoms with Crippen molar-refractivity contribution < 1.29 is 9.13 Å². The Morgan fingerprint density at radius 1 is 0.828 bits per heavy atom. The normalized spacial score (nSPS) is 12.0. The molecule has 3 aromatic rings. The molecule has 0 aliphatic carbocycles. The quantitative estimate of drug-likeness (QED) is 0.386. The van der Waals surface area contributed by atoms with Gasteiger partial charge in [-0.25, -0.2) is 14.4 Å². The molecule has 0 aliphatic heterocycles. The molecule has 3 rings (SSSR count). The van der Waals surface area contributed by atoms with Crippen LogP contribution in [0.3, 0.4) is 0 Å². The van der Waals surface area contributed by atoms with Gasteiger partial charge in [0, 0.05) is 23.5 Å². The first-order valence-electron chi connectivity index (χ1n) is 10.5. The molecule has 1 aromatic heterocycles. The number of aryl methyl sites for hydroxylation is 1. The van der Waals surface area contributed by atoms with Crippen molar-refractivity contribution in [2.24, 2.45) is 0 Å². The Bertz CT molecular complexity index is 861. The highest BCUT2D eigenvalue weighted by Crippen LogP contribution is 2.23. The monoisotopic (exact) mass is 392 g/mol. The first kappa shape index (κ1) is 21.0. The number of aromatic nitrogens is 2. The van der Waals surface area contributed by atoms with Gasteiger partial charge in [0.1, 0.15) is 18.5 Å². The third-order valence-corrected chi connectivity index (χ3v) is 4.90. The van der Waals surface area contributed by atoms with E-state index >= 15 is 0 Å². The van der Waals surface area contributed by atoms with Crippen LogP contribution in [0.4, 0.5) is 4.39 Å². The number of hydrogen-bond acceptors (Lipinski definition) is 3. The maximum absolute atomic E-state index is 13.5. The highest BCUT2D eigenvalue weighted by molar-refractivity contribution is 5.64. The number of ether oxygens (including phenoxy) is 1. The minimum absolute atomic E-state index is 0.0929. The molecule has 1 unspecified atom stereocenters. The van der Waals surface area contributed by atoms with Gasteiger partial charge in [-0.3, -0.25) is 0 Å². The Balaban J connectivity index is 1.62. The summed E-state index contributed by atoms with van der Waals surface area (Å²) in [4.78, 5) is 9.03. The maximum atomic E-state index is 13.5. The lowest BCUT2D eigenvalue weighted by atomic mass is 10.0. The Hall–Kier alpha value is -2.75. The lowest BCUT2D eigenvalue weighted by Crippen LogP contribution is -2.12. The Kier molecular flexibility index (Phi) is 7.74. The fourth-order valence-electron chi connectivity index (χ4n) is 3.15. The number of halogens is 1. The van der Waals surface area contributed by atoms with Crippen LogP contribution in [0.5, 0.6) is 5.75 Å². The van der Waals surface area contributed by atoms with Gasteiger partial charge in [-0.05, 0) is 54.7 Å². The van der Waals surface area contributed by atoms with Gasteiger partial charge < -0.3 is 4.74 Å². The highest BCUT2D eigenvalue weighted by atomic mass is 19.1. The first-order chi connectivity index (χ1) is 14.2. The van der Waals surface area contributed by atoms with Crippen LogP contribution in [0.15, 0.2) is 60.9 Å². The van der Waals surface area contributed by atoms with Gasteiger partial charge in [-0.1, -0.05) is 51.0 Å². The number of benzene rings is 2. The molecular weight excluding hydrogens is 363 g/mol. The van der Waals surface area contributed by atoms with Crippen LogP contribution in [-0.2, 0) is 6.42 Å². The average Bonchev–Trinajstić information content (AvgIpc) is 2.77. The van der Waals surface area contributed by atoms with Crippen LogP contribution in [0.25, 0.3) is 22.5 Å². The van der Waals surface area contributed by atoms with E-state index in [1.54, 1.807) is 0 Å². The second kappa shape index (κ2) is 10.7. The van der Waals surface area contributed by atoms with E-state index in [-0.39, 0.29) is 6.61 Å². The van der Waals surface area contributed by atoms with Gasteiger partial charge in [-0.2, -0.15) is 0 Å². The molecule has 2 aromatic carbocycles. The molecule has 0 saturated heterocycles. The summed E-state index contributed by atoms with van der Waals surface area (Å²) in [6.07, 6.45) is 7.68. The van der Waals surface area contributed by atoms with E-state index in [0.717, 1.165) is 29.5 Å². The van der Waals surface area contributed by atoms with Crippen LogP contribution >= 0.6 is 0 Å². The summed E-state index contributed by atoms with van der Waals surface area (Å²) in [6.45, 7) is 4.27. The van der Waals surface area contributed by atoms with E-state index in [2.05, 4.69) is 41.2 Å². The summed E-state index contributed by atoms with van der Waals surface area (Å²) in [6, 6.07) is 16.1. The molecule has 0 amide bonds. The minimum Gasteiger partial charge on any atom is -0.491 e. The highest BCUT2D eigenvalue weighted by Gasteiger charge is 2.07. The maximum Gasteiger partial charge on any atom is 0.159 e. The van der Waals surface area contributed by atoms with E-state index in [4.69, 9.17) is 4.74 Å². The second-order valence-electron chi connectivity index (χ2n) is 7.32. The van der Waals surface area contributed by atoms with Gasteiger partial charge in [0.15, 0.2) is 5.82 Å². The fraction of sp³-hybridized carbons (Fsp3) is 0.360. The molecular formula is C25H29FN2O. The van der Waals surface area contributed by atoms with Crippen LogP contribution in [-0.4, -0.2) is 22.7 Å². The number of nitrogens with zero attached hydrogens (tertiary/aromatic N) is 2. The Morgan fingerprint density at radius 3 is 2.10 bits per heavy atom. The molecule has 0 aliphatic rings. The standard InChI is InChI=1S/C25H29FN2O/c1-3-5-7-19-8-10-20(11-9-19)22-16-27-25(28-17-22)21-12-14-24(15-13-21)29-18-23(26)6-4-2/h8-17,23H,3-7,18H2,1-2H3. The smallest absolute Gasteiger partial charge is 0.159 e. The van der Waals surface area contributed by atoms with Crippen LogP contribution < -0.4 is 4.74 Å². The molecule has 0 radical (unpaired) electrons.